The summed E-state index contributed by atoms with van der Waals surface area (Å²) in [6, 6.07) is 7.67. The number of anilines is 2. The zero-order valence-electron chi connectivity index (χ0n) is 27.5. The molecule has 4 fully saturated rings. The number of carboxylic acid groups (broad SMARTS) is 1. The van der Waals surface area contributed by atoms with Gasteiger partial charge in [0.2, 0.25) is 5.88 Å². The summed E-state index contributed by atoms with van der Waals surface area (Å²) >= 11 is 0. The molecule has 4 aliphatic heterocycles. The molecule has 0 aliphatic carbocycles. The van der Waals surface area contributed by atoms with Crippen molar-refractivity contribution >= 4 is 39.5 Å². The monoisotopic (exact) mass is 689 g/mol. The molecule has 7 heterocycles. The fourth-order valence-electron chi connectivity index (χ4n) is 7.34. The van der Waals surface area contributed by atoms with Gasteiger partial charge in [0.15, 0.2) is 17.2 Å². The van der Waals surface area contributed by atoms with E-state index < -0.39 is 36.0 Å². The molecule has 14 heteroatoms. The van der Waals surface area contributed by atoms with Crippen molar-refractivity contribution in [2.24, 2.45) is 0 Å². The summed E-state index contributed by atoms with van der Waals surface area (Å²) in [6.45, 7) is 4.88. The molecule has 1 spiro atoms. The Morgan fingerprint density at radius 1 is 1.18 bits per heavy atom. The lowest BCUT2D eigenvalue weighted by molar-refractivity contribution is -0.228. The molecule has 12 nitrogen and oxygen atoms in total. The van der Waals surface area contributed by atoms with E-state index in [1.165, 1.54) is 4.90 Å². The van der Waals surface area contributed by atoms with E-state index >= 15 is 0 Å². The number of ether oxygens (including phenoxy) is 4. The van der Waals surface area contributed by atoms with Gasteiger partial charge in [0, 0.05) is 43.1 Å². The van der Waals surface area contributed by atoms with Crippen LogP contribution in [-0.2, 0) is 19.0 Å². The molecule has 4 aromatic rings. The smallest absolute Gasteiger partial charge is 0.326 e. The summed E-state index contributed by atoms with van der Waals surface area (Å²) in [7, 11) is 0. The Bertz CT molecular complexity index is 1970. The van der Waals surface area contributed by atoms with Crippen molar-refractivity contribution in [3.63, 3.8) is 0 Å². The van der Waals surface area contributed by atoms with Crippen LogP contribution in [0.2, 0.25) is 0 Å². The lowest BCUT2D eigenvalue weighted by Gasteiger charge is -2.53. The quantitative estimate of drug-likeness (QED) is 0.258. The van der Waals surface area contributed by atoms with Gasteiger partial charge in [-0.25, -0.2) is 28.5 Å². The number of alkyl halides is 2. The summed E-state index contributed by atoms with van der Waals surface area (Å²) < 4.78 is 58.3. The summed E-state index contributed by atoms with van der Waals surface area (Å²) in [5, 5.41) is 10.9. The topological polar surface area (TPSA) is 133 Å². The molecule has 4 atom stereocenters. The molecule has 0 bridgehead atoms. The number of morpholine rings is 1. The molecule has 8 rings (SSSR count). The van der Waals surface area contributed by atoms with E-state index in [0.717, 1.165) is 25.9 Å². The van der Waals surface area contributed by atoms with E-state index in [1.54, 1.807) is 30.5 Å². The van der Waals surface area contributed by atoms with Crippen LogP contribution in [-0.4, -0.2) is 95.4 Å². The Morgan fingerprint density at radius 2 is 2.04 bits per heavy atom. The third-order valence-corrected chi connectivity index (χ3v) is 10.1. The largest absolute Gasteiger partial charge is 0.480 e. The Hall–Kier alpha value is -4.58. The predicted octanol–water partition coefficient (Wildman–Crippen LogP) is 5.12. The van der Waals surface area contributed by atoms with E-state index in [0.29, 0.717) is 60.9 Å². The molecule has 4 aliphatic rings. The van der Waals surface area contributed by atoms with E-state index in [9.17, 15) is 18.7 Å². The van der Waals surface area contributed by atoms with E-state index in [4.69, 9.17) is 28.3 Å². The highest BCUT2D eigenvalue weighted by molar-refractivity contribution is 6.06. The van der Waals surface area contributed by atoms with Crippen LogP contribution >= 0.6 is 0 Å². The number of rotatable bonds is 7. The van der Waals surface area contributed by atoms with Crippen LogP contribution in [0, 0.1) is 11.8 Å². The lowest BCUT2D eigenvalue weighted by atomic mass is 9.90. The third-order valence-electron chi connectivity index (χ3n) is 10.1. The maximum absolute atomic E-state index is 14.1. The van der Waals surface area contributed by atoms with Gasteiger partial charge < -0.3 is 38.3 Å². The number of carbonyl (C=O) groups is 1. The first-order valence-electron chi connectivity index (χ1n) is 17.0. The second-order valence-corrected chi connectivity index (χ2v) is 13.3. The molecule has 0 amide bonds. The number of para-hydroxylation sites is 1. The molecular weight excluding hydrogens is 652 g/mol. The molecule has 1 aromatic carbocycles. The van der Waals surface area contributed by atoms with Gasteiger partial charge in [0.1, 0.15) is 34.5 Å². The highest BCUT2D eigenvalue weighted by Crippen LogP contribution is 2.41. The maximum atomic E-state index is 14.1. The highest BCUT2D eigenvalue weighted by Gasteiger charge is 2.50. The highest BCUT2D eigenvalue weighted by atomic mass is 19.3. The zero-order chi connectivity index (χ0) is 34.4. The van der Waals surface area contributed by atoms with Crippen molar-refractivity contribution in [2.45, 2.75) is 75.3 Å². The maximum Gasteiger partial charge on any atom is 0.326 e. The van der Waals surface area contributed by atoms with Gasteiger partial charge in [-0.3, -0.25) is 0 Å². The zero-order valence-corrected chi connectivity index (χ0v) is 27.5. The molecule has 0 radical (unpaired) electrons. The van der Waals surface area contributed by atoms with Crippen LogP contribution in [0.1, 0.15) is 56.8 Å². The van der Waals surface area contributed by atoms with Crippen LogP contribution in [0.5, 0.6) is 5.88 Å². The first-order chi connectivity index (χ1) is 24.3. The summed E-state index contributed by atoms with van der Waals surface area (Å²) in [5.41, 5.74) is 1.73. The number of hydrogen-bond acceptors (Lipinski definition) is 11. The Labute approximate surface area is 286 Å². The van der Waals surface area contributed by atoms with Gasteiger partial charge in [-0.2, -0.15) is 0 Å². The fraction of sp³-hybridized carbons (Fsp3) is 0.500. The number of aromatic nitrogens is 3. The van der Waals surface area contributed by atoms with Crippen molar-refractivity contribution in [2.75, 3.05) is 49.3 Å². The van der Waals surface area contributed by atoms with Gasteiger partial charge in [0.05, 0.1) is 38.5 Å². The lowest BCUT2D eigenvalue weighted by Crippen LogP contribution is -2.68. The van der Waals surface area contributed by atoms with Gasteiger partial charge >= 0.3 is 5.97 Å². The Morgan fingerprint density at radius 3 is 2.80 bits per heavy atom. The van der Waals surface area contributed by atoms with Gasteiger partial charge in [0.25, 0.3) is 6.43 Å². The van der Waals surface area contributed by atoms with Gasteiger partial charge in [-0.15, -0.1) is 0 Å². The number of hydrogen-bond donors (Lipinski definition) is 1. The fourth-order valence-corrected chi connectivity index (χ4v) is 7.34. The van der Waals surface area contributed by atoms with Crippen LogP contribution < -0.4 is 14.5 Å². The number of pyridine rings is 1. The summed E-state index contributed by atoms with van der Waals surface area (Å²) in [6.07, 6.45) is 2.02. The average Bonchev–Trinajstić information content (AvgIpc) is 3.70. The number of aliphatic carboxylic acids is 1. The summed E-state index contributed by atoms with van der Waals surface area (Å²) in [4.78, 5) is 29.2. The van der Waals surface area contributed by atoms with Crippen LogP contribution in [0.15, 0.2) is 40.9 Å². The van der Waals surface area contributed by atoms with Crippen molar-refractivity contribution in [1.82, 2.24) is 15.0 Å². The third kappa shape index (κ3) is 5.97. The summed E-state index contributed by atoms with van der Waals surface area (Å²) in [5.74, 6) is 4.94. The van der Waals surface area contributed by atoms with E-state index in [1.807, 2.05) is 6.07 Å². The second kappa shape index (κ2) is 13.3. The number of benzene rings is 1. The van der Waals surface area contributed by atoms with Crippen molar-refractivity contribution < 1.29 is 42.0 Å². The number of nitrogens with zero attached hydrogens (tertiary/aromatic N) is 5. The van der Waals surface area contributed by atoms with Crippen LogP contribution in [0.3, 0.4) is 0 Å². The first-order valence-corrected chi connectivity index (χ1v) is 17.0. The molecule has 4 saturated heterocycles. The van der Waals surface area contributed by atoms with E-state index in [-0.39, 0.29) is 42.0 Å². The normalized spacial score (nSPS) is 24.8. The standard InChI is InChI=1S/C36H37F2N5O7/c1-21-36(19-46-20-36)48-14-12-42(21)26-15-22(7-6-9-23-8-4-5-13-47-23)17-39-34(26)49-24-16-27(35(44)45)43(18-24)33-30-29(40-32(41-33)31(37)38)25-10-2-3-11-28(25)50-30/h2-3,10-11,15,17,21,23-24,27,31H,4-5,8-9,12-14,16,18-20H2,1H3,(H,44,45)/t21-,23?,24-,27-/m0/s1. The minimum atomic E-state index is -2.98. The number of carboxylic acids is 1. The van der Waals surface area contributed by atoms with E-state index in [2.05, 4.69) is 33.6 Å². The number of fused-ring (bicyclic) bond motifs is 3. The average molecular weight is 690 g/mol. The molecule has 50 heavy (non-hydrogen) atoms. The van der Waals surface area contributed by atoms with Crippen molar-refractivity contribution in [3.8, 4) is 17.7 Å². The van der Waals surface area contributed by atoms with Crippen LogP contribution in [0.25, 0.3) is 22.1 Å². The first kappa shape index (κ1) is 32.6. The van der Waals surface area contributed by atoms with Crippen LogP contribution in [0.4, 0.5) is 20.3 Å². The molecular formula is C36H37F2N5O7. The SMILES string of the molecule is C[C@@H]1N(c2cc(C#CCC3CCCCO3)cnc2O[C@H]2C[C@@H](C(=O)O)N(c3nc(C(F)F)nc4c3oc3ccccc34)C2)CCOC12COC2. The molecule has 0 saturated carbocycles. The Balaban J connectivity index is 1.12. The predicted molar refractivity (Wildman–Crippen MR) is 178 cm³/mol. The molecule has 1 unspecified atom stereocenters. The van der Waals surface area contributed by atoms with Gasteiger partial charge in [-0.1, -0.05) is 24.0 Å². The Kier molecular flexibility index (Phi) is 8.66. The minimum absolute atomic E-state index is 0.0190. The molecule has 1 N–H and O–H groups in total. The number of furan rings is 1. The minimum Gasteiger partial charge on any atom is -0.480 e. The van der Waals surface area contributed by atoms with Crippen molar-refractivity contribution in [3.05, 3.63) is 47.9 Å². The number of halogens is 2. The second-order valence-electron chi connectivity index (χ2n) is 13.3. The molecule has 3 aromatic heterocycles. The van der Waals surface area contributed by atoms with Gasteiger partial charge in [-0.05, 0) is 44.4 Å². The van der Waals surface area contributed by atoms with Crippen molar-refractivity contribution in [1.29, 1.82) is 0 Å². The molecule has 262 valence electrons.